The third-order valence-electron chi connectivity index (χ3n) is 10.9. The van der Waals surface area contributed by atoms with Crippen LogP contribution in [0.5, 0.6) is 0 Å². The van der Waals surface area contributed by atoms with Gasteiger partial charge in [0.15, 0.2) is 0 Å². The Hall–Kier alpha value is -2.43. The molecule has 10 heteroatoms. The number of hydrogen-bond donors (Lipinski definition) is 1. The summed E-state index contributed by atoms with van der Waals surface area (Å²) in [4.78, 5) is 15.6. The molecule has 3 aliphatic rings. The number of piperidine rings is 1. The maximum absolute atomic E-state index is 13.5. The fourth-order valence-corrected chi connectivity index (χ4v) is 9.89. The molecular formula is C36H50F3N3O3S. The molecule has 2 aromatic rings. The van der Waals surface area contributed by atoms with Crippen LogP contribution in [0.2, 0.25) is 0 Å². The van der Waals surface area contributed by atoms with Crippen molar-refractivity contribution in [3.63, 3.8) is 0 Å². The van der Waals surface area contributed by atoms with Crippen molar-refractivity contribution in [3.8, 4) is 0 Å². The zero-order valence-electron chi connectivity index (χ0n) is 27.1. The molecule has 0 spiro atoms. The van der Waals surface area contributed by atoms with Crippen molar-refractivity contribution < 1.29 is 26.4 Å². The van der Waals surface area contributed by atoms with Crippen molar-refractivity contribution in [2.24, 2.45) is 11.8 Å². The molecule has 2 aliphatic heterocycles. The maximum atomic E-state index is 13.5. The van der Waals surface area contributed by atoms with Crippen LogP contribution in [0.3, 0.4) is 0 Å². The van der Waals surface area contributed by atoms with Gasteiger partial charge in [0.05, 0.1) is 16.4 Å². The summed E-state index contributed by atoms with van der Waals surface area (Å²) >= 11 is 0. The minimum Gasteiger partial charge on any atom is -0.356 e. The Bertz CT molecular complexity index is 1390. The van der Waals surface area contributed by atoms with E-state index in [4.69, 9.17) is 0 Å². The molecule has 1 amide bonds. The largest absolute Gasteiger partial charge is 0.416 e. The molecule has 46 heavy (non-hydrogen) atoms. The first-order valence-electron chi connectivity index (χ1n) is 17.3. The Balaban J connectivity index is 1.11. The number of aryl methyl sites for hydroxylation is 1. The molecule has 6 nitrogen and oxygen atoms in total. The van der Waals surface area contributed by atoms with E-state index in [0.29, 0.717) is 36.9 Å². The summed E-state index contributed by atoms with van der Waals surface area (Å²) in [5, 5.41) is 3.04. The average Bonchev–Trinajstić information content (AvgIpc) is 3.62. The summed E-state index contributed by atoms with van der Waals surface area (Å²) in [5.74, 6) is -0.164. The molecule has 1 aliphatic carbocycles. The lowest BCUT2D eigenvalue weighted by Crippen LogP contribution is -2.50. The maximum Gasteiger partial charge on any atom is 0.416 e. The lowest BCUT2D eigenvalue weighted by atomic mass is 9.71. The van der Waals surface area contributed by atoms with Crippen LogP contribution in [0, 0.1) is 11.8 Å². The molecule has 5 rings (SSSR count). The van der Waals surface area contributed by atoms with E-state index in [-0.39, 0.29) is 17.3 Å². The first-order chi connectivity index (χ1) is 22.0. The molecule has 0 bridgehead atoms. The number of likely N-dealkylation sites (tertiary alicyclic amines) is 1. The second-order valence-corrected chi connectivity index (χ2v) is 15.7. The van der Waals surface area contributed by atoms with Gasteiger partial charge in [-0.25, -0.2) is 8.42 Å². The number of alkyl halides is 3. The van der Waals surface area contributed by atoms with Gasteiger partial charge in [0.25, 0.3) is 0 Å². The smallest absolute Gasteiger partial charge is 0.356 e. The highest BCUT2D eigenvalue weighted by Crippen LogP contribution is 2.42. The number of amides is 1. The second-order valence-electron chi connectivity index (χ2n) is 13.8. The van der Waals surface area contributed by atoms with Crippen LogP contribution in [0.15, 0.2) is 59.5 Å². The van der Waals surface area contributed by atoms with Gasteiger partial charge in [-0.1, -0.05) is 49.7 Å². The minimum atomic E-state index is -4.64. The van der Waals surface area contributed by atoms with E-state index in [1.807, 2.05) is 0 Å². The van der Waals surface area contributed by atoms with Gasteiger partial charge in [0.2, 0.25) is 15.9 Å². The van der Waals surface area contributed by atoms with Crippen LogP contribution in [0.4, 0.5) is 13.2 Å². The summed E-state index contributed by atoms with van der Waals surface area (Å²) in [6.07, 6.45) is 8.95. The Morgan fingerprint density at radius 3 is 2.35 bits per heavy atom. The van der Waals surface area contributed by atoms with Crippen LogP contribution >= 0.6 is 0 Å². The summed E-state index contributed by atoms with van der Waals surface area (Å²) in [7, 11) is -4.20. The van der Waals surface area contributed by atoms with Gasteiger partial charge in [0.1, 0.15) is 0 Å². The number of halogens is 3. The third kappa shape index (κ3) is 8.34. The fourth-order valence-electron chi connectivity index (χ4n) is 8.08. The normalized spacial score (nSPS) is 25.7. The van der Waals surface area contributed by atoms with Gasteiger partial charge in [-0.2, -0.15) is 17.5 Å². The van der Waals surface area contributed by atoms with E-state index in [0.717, 1.165) is 37.8 Å². The Labute approximate surface area is 273 Å². The predicted octanol–water partition coefficient (Wildman–Crippen LogP) is 7.44. The summed E-state index contributed by atoms with van der Waals surface area (Å²) in [5.41, 5.74) is 0.713. The van der Waals surface area contributed by atoms with Gasteiger partial charge < -0.3 is 5.32 Å². The number of carbonyl (C=O) groups excluding carboxylic acids is 1. The molecule has 1 N–H and O–H groups in total. The zero-order chi connectivity index (χ0) is 32.8. The number of nitrogens with zero attached hydrogens (tertiary/aromatic N) is 2. The average molecular weight is 662 g/mol. The standard InChI is InChI=1S/C36H50F3N3O3S/c1-28(33-16-5-6-26-42(33)46(44,45)32-15-9-14-31(27-32)36(37,38)39)34(43)40-23-10-13-30-18-21-35(22-19-30,41-24-7-8-25-41)20-17-29-11-3-2-4-12-29/h2-4,9,11-12,14-15,27-28,30,33H,5-8,10,13,16-26H2,1H3,(H,40,43). The predicted molar refractivity (Wildman–Crippen MR) is 175 cm³/mol. The van der Waals surface area contributed by atoms with Crippen molar-refractivity contribution >= 4 is 15.9 Å². The Morgan fingerprint density at radius 2 is 1.65 bits per heavy atom. The summed E-state index contributed by atoms with van der Waals surface area (Å²) in [6, 6.07) is 14.1. The molecule has 2 atom stereocenters. The van der Waals surface area contributed by atoms with E-state index in [9.17, 15) is 26.4 Å². The molecule has 1 saturated carbocycles. The molecular weight excluding hydrogens is 611 g/mol. The monoisotopic (exact) mass is 661 g/mol. The molecule has 0 radical (unpaired) electrons. The van der Waals surface area contributed by atoms with Crippen molar-refractivity contribution in [1.29, 1.82) is 0 Å². The second kappa shape index (κ2) is 15.2. The number of rotatable bonds is 12. The van der Waals surface area contributed by atoms with Gasteiger partial charge in [-0.3, -0.25) is 9.69 Å². The fraction of sp³-hybridized carbons (Fsp3) is 0.639. The zero-order valence-corrected chi connectivity index (χ0v) is 27.9. The van der Waals surface area contributed by atoms with Crippen LogP contribution < -0.4 is 5.32 Å². The highest BCUT2D eigenvalue weighted by molar-refractivity contribution is 7.89. The topological polar surface area (TPSA) is 69.7 Å². The van der Waals surface area contributed by atoms with Crippen molar-refractivity contribution in [2.75, 3.05) is 26.2 Å². The number of nitrogens with one attached hydrogen (secondary N) is 1. The molecule has 2 aromatic carbocycles. The van der Waals surface area contributed by atoms with E-state index < -0.39 is 33.7 Å². The van der Waals surface area contributed by atoms with Gasteiger partial charge in [-0.15, -0.1) is 0 Å². The van der Waals surface area contributed by atoms with Crippen LogP contribution in [-0.4, -0.2) is 61.3 Å². The van der Waals surface area contributed by atoms with E-state index in [1.54, 1.807) is 6.92 Å². The third-order valence-corrected chi connectivity index (χ3v) is 12.8. The molecule has 3 fully saturated rings. The van der Waals surface area contributed by atoms with E-state index in [2.05, 4.69) is 40.5 Å². The molecule has 2 saturated heterocycles. The van der Waals surface area contributed by atoms with Crippen molar-refractivity contribution in [1.82, 2.24) is 14.5 Å². The van der Waals surface area contributed by atoms with Crippen molar-refractivity contribution in [2.45, 2.75) is 113 Å². The number of benzene rings is 2. The van der Waals surface area contributed by atoms with Gasteiger partial charge >= 0.3 is 6.18 Å². The number of sulfonamides is 1. The highest BCUT2D eigenvalue weighted by Gasteiger charge is 2.42. The summed E-state index contributed by atoms with van der Waals surface area (Å²) in [6.45, 7) is 4.88. The number of hydrogen-bond acceptors (Lipinski definition) is 4. The Morgan fingerprint density at radius 1 is 0.957 bits per heavy atom. The van der Waals surface area contributed by atoms with Crippen LogP contribution in [0.25, 0.3) is 0 Å². The van der Waals surface area contributed by atoms with Crippen LogP contribution in [-0.2, 0) is 27.4 Å². The highest BCUT2D eigenvalue weighted by atomic mass is 32.2. The first-order valence-corrected chi connectivity index (χ1v) is 18.7. The van der Waals surface area contributed by atoms with Gasteiger partial charge in [0, 0.05) is 24.7 Å². The SMILES string of the molecule is CC(C(=O)NCCCC1CCC(CCc2ccccc2)(N2CCCC2)CC1)C1CCCCN1S(=O)(=O)c1cccc(C(F)(F)F)c1. The quantitative estimate of drug-likeness (QED) is 0.240. The molecule has 254 valence electrons. The van der Waals surface area contributed by atoms with E-state index >= 15 is 0 Å². The molecule has 2 heterocycles. The first kappa shape index (κ1) is 34.9. The van der Waals surface area contributed by atoms with Gasteiger partial charge in [-0.05, 0) is 120 Å². The Kier molecular flexibility index (Phi) is 11.5. The minimum absolute atomic E-state index is 0.187. The van der Waals surface area contributed by atoms with Crippen molar-refractivity contribution in [3.05, 3.63) is 65.7 Å². The summed E-state index contributed by atoms with van der Waals surface area (Å²) < 4.78 is 68.2. The van der Waals surface area contributed by atoms with E-state index in [1.165, 1.54) is 74.0 Å². The number of carbonyl (C=O) groups is 1. The lowest BCUT2D eigenvalue weighted by molar-refractivity contribution is -0.137. The molecule has 0 aromatic heterocycles. The molecule has 2 unspecified atom stereocenters. The lowest BCUT2D eigenvalue weighted by Gasteiger charge is -2.47. The van der Waals surface area contributed by atoms with Crippen LogP contribution in [0.1, 0.15) is 95.1 Å².